The van der Waals surface area contributed by atoms with Crippen LogP contribution in [0.3, 0.4) is 0 Å². The van der Waals surface area contributed by atoms with E-state index < -0.39 is 36.2 Å². The van der Waals surface area contributed by atoms with Crippen LogP contribution < -0.4 is 5.32 Å². The second-order valence-corrected chi connectivity index (χ2v) is 4.73. The number of methoxy groups -OCH3 is 1. The second-order valence-electron chi connectivity index (χ2n) is 4.73. The molecule has 0 aromatic heterocycles. The molecule has 0 aliphatic carbocycles. The summed E-state index contributed by atoms with van der Waals surface area (Å²) in [6.45, 7) is 0.876. The quantitative estimate of drug-likeness (QED) is 0.498. The van der Waals surface area contributed by atoms with Crippen molar-refractivity contribution in [3.63, 3.8) is 0 Å². The minimum absolute atomic E-state index is 0.0189. The number of carboxylic acid groups (broad SMARTS) is 2. The van der Waals surface area contributed by atoms with Crippen LogP contribution in [0.1, 0.15) is 12.8 Å². The van der Waals surface area contributed by atoms with Crippen LogP contribution in [-0.2, 0) is 23.9 Å². The first kappa shape index (κ1) is 16.9. The molecule has 0 spiro atoms. The third-order valence-electron chi connectivity index (χ3n) is 3.14. The Kier molecular flexibility index (Phi) is 6.10. The van der Waals surface area contributed by atoms with Crippen molar-refractivity contribution in [2.24, 2.45) is 5.92 Å². The van der Waals surface area contributed by atoms with Crippen LogP contribution in [0.5, 0.6) is 0 Å². The van der Waals surface area contributed by atoms with Gasteiger partial charge < -0.3 is 25.2 Å². The van der Waals surface area contributed by atoms with E-state index in [1.165, 1.54) is 12.0 Å². The SMILES string of the molecule is COCCN1CC(C(=O)N[C@H](CC(=O)O)C(=O)O)CC1=O. The van der Waals surface area contributed by atoms with E-state index in [1.807, 2.05) is 0 Å². The van der Waals surface area contributed by atoms with Crippen LogP contribution in [0.25, 0.3) is 0 Å². The molecule has 1 aliphatic heterocycles. The summed E-state index contributed by atoms with van der Waals surface area (Å²) in [6, 6.07) is -1.50. The van der Waals surface area contributed by atoms with Crippen molar-refractivity contribution in [1.82, 2.24) is 10.2 Å². The highest BCUT2D eigenvalue weighted by molar-refractivity contribution is 5.92. The number of amides is 2. The molecule has 21 heavy (non-hydrogen) atoms. The summed E-state index contributed by atoms with van der Waals surface area (Å²) >= 11 is 0. The van der Waals surface area contributed by atoms with E-state index in [1.54, 1.807) is 0 Å². The molecule has 1 aliphatic rings. The number of rotatable bonds is 8. The largest absolute Gasteiger partial charge is 0.481 e. The van der Waals surface area contributed by atoms with E-state index in [2.05, 4.69) is 5.32 Å². The molecule has 2 amide bonds. The Morgan fingerprint density at radius 2 is 2.10 bits per heavy atom. The van der Waals surface area contributed by atoms with E-state index in [9.17, 15) is 19.2 Å². The molecule has 1 rings (SSSR count). The third-order valence-corrected chi connectivity index (χ3v) is 3.14. The highest BCUT2D eigenvalue weighted by Crippen LogP contribution is 2.18. The smallest absolute Gasteiger partial charge is 0.326 e. The maximum atomic E-state index is 11.9. The van der Waals surface area contributed by atoms with E-state index in [0.29, 0.717) is 13.2 Å². The van der Waals surface area contributed by atoms with E-state index in [-0.39, 0.29) is 18.9 Å². The number of nitrogens with zero attached hydrogens (tertiary/aromatic N) is 1. The average Bonchev–Trinajstić information content (AvgIpc) is 2.76. The van der Waals surface area contributed by atoms with Crippen LogP contribution >= 0.6 is 0 Å². The zero-order valence-corrected chi connectivity index (χ0v) is 11.6. The maximum absolute atomic E-state index is 11.9. The monoisotopic (exact) mass is 302 g/mol. The fourth-order valence-electron chi connectivity index (χ4n) is 2.03. The summed E-state index contributed by atoms with van der Waals surface area (Å²) < 4.78 is 4.85. The fraction of sp³-hybridized carbons (Fsp3) is 0.667. The van der Waals surface area contributed by atoms with Crippen molar-refractivity contribution in [3.05, 3.63) is 0 Å². The van der Waals surface area contributed by atoms with Gasteiger partial charge in [-0.15, -0.1) is 0 Å². The highest BCUT2D eigenvalue weighted by atomic mass is 16.5. The Balaban J connectivity index is 2.57. The standard InChI is InChI=1S/C12H18N2O7/c1-21-3-2-14-6-7(4-9(14)15)11(18)13-8(12(19)20)5-10(16)17/h7-8H,2-6H2,1H3,(H,13,18)(H,16,17)(H,19,20)/t7?,8-/m1/s1. The molecule has 118 valence electrons. The number of hydrogen-bond donors (Lipinski definition) is 3. The van der Waals surface area contributed by atoms with Gasteiger partial charge in [0.25, 0.3) is 0 Å². The number of hydrogen-bond acceptors (Lipinski definition) is 5. The Morgan fingerprint density at radius 3 is 2.62 bits per heavy atom. The molecule has 1 unspecified atom stereocenters. The number of ether oxygens (including phenoxy) is 1. The van der Waals surface area contributed by atoms with Gasteiger partial charge in [-0.1, -0.05) is 0 Å². The zero-order valence-electron chi connectivity index (χ0n) is 11.6. The van der Waals surface area contributed by atoms with Crippen LogP contribution in [0.15, 0.2) is 0 Å². The zero-order chi connectivity index (χ0) is 16.0. The van der Waals surface area contributed by atoms with Gasteiger partial charge in [0, 0.05) is 26.6 Å². The van der Waals surface area contributed by atoms with Crippen molar-refractivity contribution in [2.45, 2.75) is 18.9 Å². The molecule has 2 atom stereocenters. The Labute approximate surface area is 120 Å². The van der Waals surface area contributed by atoms with Gasteiger partial charge in [0.1, 0.15) is 6.04 Å². The van der Waals surface area contributed by atoms with Crippen LogP contribution in [-0.4, -0.2) is 71.7 Å². The summed E-state index contributed by atoms with van der Waals surface area (Å²) in [5, 5.41) is 19.6. The number of likely N-dealkylation sites (tertiary alicyclic amines) is 1. The molecule has 0 aromatic rings. The van der Waals surface area contributed by atoms with Gasteiger partial charge in [-0.05, 0) is 0 Å². The summed E-state index contributed by atoms with van der Waals surface area (Å²) in [7, 11) is 1.49. The topological polar surface area (TPSA) is 133 Å². The number of carbonyl (C=O) groups is 4. The van der Waals surface area contributed by atoms with Gasteiger partial charge in [-0.2, -0.15) is 0 Å². The molecule has 3 N–H and O–H groups in total. The van der Waals surface area contributed by atoms with Gasteiger partial charge in [0.15, 0.2) is 0 Å². The van der Waals surface area contributed by atoms with Crippen molar-refractivity contribution in [1.29, 1.82) is 0 Å². The Bertz CT molecular complexity index is 437. The molecule has 0 saturated carbocycles. The summed E-state index contributed by atoms with van der Waals surface area (Å²) in [5.41, 5.74) is 0. The van der Waals surface area contributed by atoms with Gasteiger partial charge in [-0.3, -0.25) is 14.4 Å². The third kappa shape index (κ3) is 5.03. The molecular weight excluding hydrogens is 284 g/mol. The van der Waals surface area contributed by atoms with Gasteiger partial charge in [0.2, 0.25) is 11.8 Å². The van der Waals surface area contributed by atoms with Gasteiger partial charge in [-0.25, -0.2) is 4.79 Å². The molecule has 1 heterocycles. The number of carbonyl (C=O) groups excluding carboxylic acids is 2. The van der Waals surface area contributed by atoms with E-state index in [0.717, 1.165) is 0 Å². The van der Waals surface area contributed by atoms with Gasteiger partial charge in [0.05, 0.1) is 18.9 Å². The summed E-state index contributed by atoms with van der Waals surface area (Å²) in [6.07, 6.45) is -0.732. The highest BCUT2D eigenvalue weighted by Gasteiger charge is 2.35. The summed E-state index contributed by atoms with van der Waals surface area (Å²) in [4.78, 5) is 46.5. The molecule has 0 radical (unpaired) electrons. The normalized spacial score (nSPS) is 19.4. The first-order chi connectivity index (χ1) is 9.85. The lowest BCUT2D eigenvalue weighted by Crippen LogP contribution is -2.45. The molecule has 0 bridgehead atoms. The molecule has 9 heteroatoms. The molecular formula is C12H18N2O7. The molecule has 1 saturated heterocycles. The Morgan fingerprint density at radius 1 is 1.43 bits per heavy atom. The van der Waals surface area contributed by atoms with Crippen molar-refractivity contribution >= 4 is 23.8 Å². The van der Waals surface area contributed by atoms with Crippen molar-refractivity contribution < 1.29 is 34.1 Å². The maximum Gasteiger partial charge on any atom is 0.326 e. The first-order valence-electron chi connectivity index (χ1n) is 6.36. The van der Waals surface area contributed by atoms with Crippen molar-refractivity contribution in [2.75, 3.05) is 26.8 Å². The number of carboxylic acids is 2. The van der Waals surface area contributed by atoms with Crippen molar-refractivity contribution in [3.8, 4) is 0 Å². The lowest BCUT2D eigenvalue weighted by atomic mass is 10.1. The predicted octanol–water partition coefficient (Wildman–Crippen LogP) is -1.47. The lowest BCUT2D eigenvalue weighted by molar-refractivity contribution is -0.147. The predicted molar refractivity (Wildman–Crippen MR) is 68.4 cm³/mol. The molecule has 0 aromatic carbocycles. The van der Waals surface area contributed by atoms with Crippen LogP contribution in [0, 0.1) is 5.92 Å². The second kappa shape index (κ2) is 7.58. The van der Waals surface area contributed by atoms with Gasteiger partial charge >= 0.3 is 11.9 Å². The lowest BCUT2D eigenvalue weighted by Gasteiger charge is -2.17. The minimum Gasteiger partial charge on any atom is -0.481 e. The molecule has 1 fully saturated rings. The average molecular weight is 302 g/mol. The summed E-state index contributed by atoms with van der Waals surface area (Å²) in [5.74, 6) is -4.27. The van der Waals surface area contributed by atoms with Crippen LogP contribution in [0.2, 0.25) is 0 Å². The number of aliphatic carboxylic acids is 2. The molecule has 9 nitrogen and oxygen atoms in total. The van der Waals surface area contributed by atoms with E-state index in [4.69, 9.17) is 14.9 Å². The van der Waals surface area contributed by atoms with E-state index >= 15 is 0 Å². The minimum atomic E-state index is -1.50. The van der Waals surface area contributed by atoms with Crippen LogP contribution in [0.4, 0.5) is 0 Å². The Hall–Kier alpha value is -2.16. The fourth-order valence-corrected chi connectivity index (χ4v) is 2.03. The number of nitrogens with one attached hydrogen (secondary N) is 1. The first-order valence-corrected chi connectivity index (χ1v) is 6.36.